The second kappa shape index (κ2) is 6.23. The highest BCUT2D eigenvalue weighted by Crippen LogP contribution is 2.20. The molecule has 0 fully saturated rings. The number of imidazole rings is 1. The van der Waals surface area contributed by atoms with Crippen molar-refractivity contribution in [1.82, 2.24) is 9.47 Å². The van der Waals surface area contributed by atoms with Gasteiger partial charge in [0.2, 0.25) is 6.33 Å². The molecule has 0 aliphatic carbocycles. The van der Waals surface area contributed by atoms with Crippen molar-refractivity contribution < 1.29 is 4.57 Å². The standard InChI is InChI=1S/C17H26N3/c1-14-11-15(2)17(16(3)12-14)20-10-9-19(13-20)8-6-7-18(4)5/h9-13H,6-8H2,1-5H3/q+1. The molecule has 0 aliphatic heterocycles. The van der Waals surface area contributed by atoms with E-state index in [0.717, 1.165) is 13.1 Å². The highest BCUT2D eigenvalue weighted by atomic mass is 15.1. The maximum absolute atomic E-state index is 2.27. The number of hydrogen-bond acceptors (Lipinski definition) is 1. The average Bonchev–Trinajstić information content (AvgIpc) is 2.75. The SMILES string of the molecule is Cc1cc(C)c(-n2cc[n+](CCCN(C)C)c2)c(C)c1. The van der Waals surface area contributed by atoms with Crippen LogP contribution in [-0.2, 0) is 6.54 Å². The minimum Gasteiger partial charge on any atom is -0.309 e. The van der Waals surface area contributed by atoms with Crippen molar-refractivity contribution in [2.24, 2.45) is 0 Å². The summed E-state index contributed by atoms with van der Waals surface area (Å²) in [5, 5.41) is 0. The zero-order valence-corrected chi connectivity index (χ0v) is 13.3. The van der Waals surface area contributed by atoms with Gasteiger partial charge in [-0.3, -0.25) is 0 Å². The van der Waals surface area contributed by atoms with Crippen LogP contribution in [0.3, 0.4) is 0 Å². The fourth-order valence-corrected chi connectivity index (χ4v) is 2.81. The van der Waals surface area contributed by atoms with Gasteiger partial charge in [-0.2, -0.15) is 0 Å². The Kier molecular flexibility index (Phi) is 4.61. The third-order valence-corrected chi connectivity index (χ3v) is 3.61. The third-order valence-electron chi connectivity index (χ3n) is 3.61. The van der Waals surface area contributed by atoms with Crippen LogP contribution in [0.2, 0.25) is 0 Å². The lowest BCUT2D eigenvalue weighted by Gasteiger charge is -2.08. The molecule has 0 saturated heterocycles. The fraction of sp³-hybridized carbons (Fsp3) is 0.471. The van der Waals surface area contributed by atoms with Crippen LogP contribution >= 0.6 is 0 Å². The van der Waals surface area contributed by atoms with Crippen LogP contribution in [0.15, 0.2) is 30.9 Å². The Morgan fingerprint density at radius 2 is 1.75 bits per heavy atom. The first-order valence-corrected chi connectivity index (χ1v) is 7.27. The number of benzene rings is 1. The van der Waals surface area contributed by atoms with Crippen LogP contribution in [0.4, 0.5) is 0 Å². The first kappa shape index (κ1) is 14.8. The molecule has 1 aromatic carbocycles. The van der Waals surface area contributed by atoms with E-state index in [4.69, 9.17) is 0 Å². The second-order valence-electron chi connectivity index (χ2n) is 5.96. The lowest BCUT2D eigenvalue weighted by Crippen LogP contribution is -2.32. The van der Waals surface area contributed by atoms with Gasteiger partial charge in [-0.15, -0.1) is 0 Å². The maximum atomic E-state index is 2.27. The molecular formula is C17H26N3+. The molecular weight excluding hydrogens is 246 g/mol. The number of aromatic nitrogens is 2. The molecule has 0 radical (unpaired) electrons. The molecule has 3 heteroatoms. The lowest BCUT2D eigenvalue weighted by atomic mass is 10.1. The van der Waals surface area contributed by atoms with Gasteiger partial charge in [0.15, 0.2) is 0 Å². The van der Waals surface area contributed by atoms with E-state index in [9.17, 15) is 0 Å². The first-order chi connectivity index (χ1) is 9.47. The highest BCUT2D eigenvalue weighted by molar-refractivity contribution is 5.48. The molecule has 0 aliphatic rings. The molecule has 0 atom stereocenters. The molecule has 3 nitrogen and oxygen atoms in total. The van der Waals surface area contributed by atoms with Gasteiger partial charge >= 0.3 is 0 Å². The average molecular weight is 272 g/mol. The summed E-state index contributed by atoms with van der Waals surface area (Å²) in [4.78, 5) is 2.23. The zero-order valence-electron chi connectivity index (χ0n) is 13.3. The Balaban J connectivity index is 2.17. The summed E-state index contributed by atoms with van der Waals surface area (Å²) in [5.41, 5.74) is 5.30. The van der Waals surface area contributed by atoms with Gasteiger partial charge in [-0.1, -0.05) is 17.7 Å². The monoisotopic (exact) mass is 272 g/mol. The van der Waals surface area contributed by atoms with Crippen molar-refractivity contribution in [3.05, 3.63) is 47.5 Å². The Hall–Kier alpha value is -1.61. The van der Waals surface area contributed by atoms with Gasteiger partial charge in [0.05, 0.1) is 6.54 Å². The van der Waals surface area contributed by atoms with Crippen LogP contribution in [0.25, 0.3) is 5.69 Å². The number of nitrogens with zero attached hydrogens (tertiary/aromatic N) is 3. The van der Waals surface area contributed by atoms with Crippen molar-refractivity contribution in [3.63, 3.8) is 0 Å². The number of hydrogen-bond donors (Lipinski definition) is 0. The number of aryl methyl sites for hydroxylation is 4. The molecule has 0 saturated carbocycles. The van der Waals surface area contributed by atoms with Crippen LogP contribution in [0, 0.1) is 20.8 Å². The zero-order chi connectivity index (χ0) is 14.7. The Morgan fingerprint density at radius 3 is 2.35 bits per heavy atom. The lowest BCUT2D eigenvalue weighted by molar-refractivity contribution is -0.696. The minimum atomic E-state index is 1.06. The summed E-state index contributed by atoms with van der Waals surface area (Å²) < 4.78 is 4.50. The Bertz CT molecular complexity index is 559. The molecule has 0 bridgehead atoms. The Morgan fingerprint density at radius 1 is 1.10 bits per heavy atom. The van der Waals surface area contributed by atoms with Crippen LogP contribution < -0.4 is 4.57 Å². The summed E-state index contributed by atoms with van der Waals surface area (Å²) in [5.74, 6) is 0. The van der Waals surface area contributed by atoms with Crippen LogP contribution in [0.5, 0.6) is 0 Å². The molecule has 1 aromatic heterocycles. The van der Waals surface area contributed by atoms with E-state index in [2.05, 4.69) is 79.8 Å². The highest BCUT2D eigenvalue weighted by Gasteiger charge is 2.12. The van der Waals surface area contributed by atoms with Crippen LogP contribution in [0.1, 0.15) is 23.1 Å². The molecule has 0 spiro atoms. The molecule has 20 heavy (non-hydrogen) atoms. The van der Waals surface area contributed by atoms with Gasteiger partial charge in [0, 0.05) is 6.54 Å². The molecule has 1 heterocycles. The van der Waals surface area contributed by atoms with E-state index >= 15 is 0 Å². The smallest absolute Gasteiger partial charge is 0.248 e. The number of rotatable bonds is 5. The topological polar surface area (TPSA) is 12.0 Å². The Labute approximate surface area is 122 Å². The third kappa shape index (κ3) is 3.48. The molecule has 0 N–H and O–H groups in total. The van der Waals surface area contributed by atoms with E-state index in [1.165, 1.54) is 28.8 Å². The first-order valence-electron chi connectivity index (χ1n) is 7.27. The molecule has 0 amide bonds. The van der Waals surface area contributed by atoms with E-state index in [0.29, 0.717) is 0 Å². The maximum Gasteiger partial charge on any atom is 0.248 e. The predicted molar refractivity (Wildman–Crippen MR) is 83.3 cm³/mol. The van der Waals surface area contributed by atoms with E-state index in [-0.39, 0.29) is 0 Å². The van der Waals surface area contributed by atoms with Gasteiger partial charge in [-0.05, 0) is 52.4 Å². The van der Waals surface area contributed by atoms with Gasteiger partial charge in [-0.25, -0.2) is 9.13 Å². The molecule has 2 aromatic rings. The fourth-order valence-electron chi connectivity index (χ4n) is 2.81. The van der Waals surface area contributed by atoms with Gasteiger partial charge in [0.1, 0.15) is 18.1 Å². The van der Waals surface area contributed by atoms with Crippen molar-refractivity contribution in [2.75, 3.05) is 20.6 Å². The second-order valence-corrected chi connectivity index (χ2v) is 5.96. The quantitative estimate of drug-likeness (QED) is 0.762. The largest absolute Gasteiger partial charge is 0.309 e. The van der Waals surface area contributed by atoms with Crippen molar-refractivity contribution in [1.29, 1.82) is 0 Å². The van der Waals surface area contributed by atoms with Crippen molar-refractivity contribution in [2.45, 2.75) is 33.7 Å². The van der Waals surface area contributed by atoms with Crippen molar-refractivity contribution >= 4 is 0 Å². The van der Waals surface area contributed by atoms with Crippen molar-refractivity contribution in [3.8, 4) is 5.69 Å². The van der Waals surface area contributed by atoms with E-state index < -0.39 is 0 Å². The molecule has 108 valence electrons. The normalized spacial score (nSPS) is 11.3. The summed E-state index contributed by atoms with van der Waals surface area (Å²) in [6, 6.07) is 4.50. The van der Waals surface area contributed by atoms with Gasteiger partial charge in [0.25, 0.3) is 0 Å². The molecule has 0 unspecified atom stereocenters. The summed E-state index contributed by atoms with van der Waals surface area (Å²) >= 11 is 0. The van der Waals surface area contributed by atoms with Gasteiger partial charge < -0.3 is 4.90 Å². The summed E-state index contributed by atoms with van der Waals surface area (Å²) in [6.45, 7) is 8.72. The molecule has 2 rings (SSSR count). The van der Waals surface area contributed by atoms with E-state index in [1.54, 1.807) is 0 Å². The summed E-state index contributed by atoms with van der Waals surface area (Å²) in [7, 11) is 4.24. The van der Waals surface area contributed by atoms with Crippen LogP contribution in [-0.4, -0.2) is 30.1 Å². The van der Waals surface area contributed by atoms with E-state index in [1.807, 2.05) is 0 Å². The minimum absolute atomic E-state index is 1.06. The predicted octanol–water partition coefficient (Wildman–Crippen LogP) is 2.64. The summed E-state index contributed by atoms with van der Waals surface area (Å²) in [6.07, 6.45) is 7.68.